The van der Waals surface area contributed by atoms with E-state index in [1.807, 2.05) is 20.8 Å². The van der Waals surface area contributed by atoms with Gasteiger partial charge in [-0.15, -0.1) is 0 Å². The number of halogens is 1. The lowest BCUT2D eigenvalue weighted by molar-refractivity contribution is -0.140. The number of carbonyl (C=O) groups is 2. The SMILES string of the molecule is CC(C)CN(CCC(=O)O)C(=O)C(C)CCc1ccccc1F. The van der Waals surface area contributed by atoms with Gasteiger partial charge in [0.2, 0.25) is 5.91 Å². The number of amides is 1. The summed E-state index contributed by atoms with van der Waals surface area (Å²) < 4.78 is 13.6. The Balaban J connectivity index is 2.62. The third-order valence-corrected chi connectivity index (χ3v) is 3.72. The lowest BCUT2D eigenvalue weighted by Crippen LogP contribution is -2.39. The van der Waals surface area contributed by atoms with E-state index in [1.54, 1.807) is 23.1 Å². The minimum absolute atomic E-state index is 0.0571. The normalized spacial score (nSPS) is 12.2. The summed E-state index contributed by atoms with van der Waals surface area (Å²) in [5.74, 6) is -1.22. The van der Waals surface area contributed by atoms with Gasteiger partial charge in [-0.25, -0.2) is 4.39 Å². The van der Waals surface area contributed by atoms with E-state index in [0.29, 0.717) is 24.9 Å². The molecule has 0 saturated heterocycles. The summed E-state index contributed by atoms with van der Waals surface area (Å²) in [6, 6.07) is 6.56. The maximum absolute atomic E-state index is 13.6. The van der Waals surface area contributed by atoms with Crippen LogP contribution in [-0.2, 0) is 16.0 Å². The first-order valence-corrected chi connectivity index (χ1v) is 8.05. The zero-order valence-corrected chi connectivity index (χ0v) is 14.1. The summed E-state index contributed by atoms with van der Waals surface area (Å²) in [7, 11) is 0. The zero-order valence-electron chi connectivity index (χ0n) is 14.1. The summed E-state index contributed by atoms with van der Waals surface area (Å²) in [6.07, 6.45) is 0.980. The summed E-state index contributed by atoms with van der Waals surface area (Å²) in [5.41, 5.74) is 0.605. The minimum atomic E-state index is -0.912. The van der Waals surface area contributed by atoms with Crippen LogP contribution in [0.2, 0.25) is 0 Å². The molecule has 1 amide bonds. The molecule has 4 nitrogen and oxygen atoms in total. The number of rotatable bonds is 9. The molecule has 1 aromatic carbocycles. The Morgan fingerprint density at radius 1 is 1.22 bits per heavy atom. The molecule has 0 aliphatic heterocycles. The molecule has 5 heteroatoms. The number of hydrogen-bond donors (Lipinski definition) is 1. The quantitative estimate of drug-likeness (QED) is 0.758. The van der Waals surface area contributed by atoms with Gasteiger partial charge in [-0.3, -0.25) is 9.59 Å². The maximum atomic E-state index is 13.6. The lowest BCUT2D eigenvalue weighted by atomic mass is 9.99. The van der Waals surface area contributed by atoms with Gasteiger partial charge in [-0.2, -0.15) is 0 Å². The van der Waals surface area contributed by atoms with Crippen molar-refractivity contribution in [3.05, 3.63) is 35.6 Å². The highest BCUT2D eigenvalue weighted by molar-refractivity contribution is 5.79. The van der Waals surface area contributed by atoms with Gasteiger partial charge in [0, 0.05) is 19.0 Å². The Kier molecular flexibility index (Phi) is 7.72. The van der Waals surface area contributed by atoms with Crippen LogP contribution in [0.5, 0.6) is 0 Å². The molecule has 1 aromatic rings. The third kappa shape index (κ3) is 6.80. The fraction of sp³-hybridized carbons (Fsp3) is 0.556. The molecule has 0 fully saturated rings. The van der Waals surface area contributed by atoms with E-state index in [9.17, 15) is 14.0 Å². The average Bonchev–Trinajstić information content (AvgIpc) is 2.49. The van der Waals surface area contributed by atoms with Gasteiger partial charge in [-0.05, 0) is 30.4 Å². The highest BCUT2D eigenvalue weighted by Gasteiger charge is 2.22. The maximum Gasteiger partial charge on any atom is 0.305 e. The number of hydrogen-bond acceptors (Lipinski definition) is 2. The summed E-state index contributed by atoms with van der Waals surface area (Å²) in [4.78, 5) is 24.9. The second kappa shape index (κ2) is 9.28. The number of benzene rings is 1. The molecule has 0 aliphatic rings. The number of carboxylic acids is 1. The number of carbonyl (C=O) groups excluding carboxylic acids is 1. The first kappa shape index (κ1) is 19.1. The molecule has 23 heavy (non-hydrogen) atoms. The molecule has 0 saturated carbocycles. The van der Waals surface area contributed by atoms with Crippen LogP contribution in [0.1, 0.15) is 39.2 Å². The smallest absolute Gasteiger partial charge is 0.305 e. The Bertz CT molecular complexity index is 531. The molecule has 0 aromatic heterocycles. The van der Waals surface area contributed by atoms with E-state index in [0.717, 1.165) is 0 Å². The summed E-state index contributed by atoms with van der Waals surface area (Å²) >= 11 is 0. The molecular weight excluding hydrogens is 297 g/mol. The monoisotopic (exact) mass is 323 g/mol. The molecule has 0 radical (unpaired) electrons. The van der Waals surface area contributed by atoms with Crippen molar-refractivity contribution >= 4 is 11.9 Å². The van der Waals surface area contributed by atoms with Gasteiger partial charge in [0.05, 0.1) is 6.42 Å². The largest absolute Gasteiger partial charge is 0.481 e. The van der Waals surface area contributed by atoms with Gasteiger partial charge in [-0.1, -0.05) is 39.0 Å². The van der Waals surface area contributed by atoms with Crippen molar-refractivity contribution in [3.63, 3.8) is 0 Å². The second-order valence-electron chi connectivity index (χ2n) is 6.35. The highest BCUT2D eigenvalue weighted by Crippen LogP contribution is 2.16. The van der Waals surface area contributed by atoms with E-state index in [1.165, 1.54) is 6.07 Å². The van der Waals surface area contributed by atoms with E-state index in [2.05, 4.69) is 0 Å². The second-order valence-corrected chi connectivity index (χ2v) is 6.35. The summed E-state index contributed by atoms with van der Waals surface area (Å²) in [6.45, 7) is 6.56. The Hall–Kier alpha value is -1.91. The van der Waals surface area contributed by atoms with Crippen LogP contribution in [0, 0.1) is 17.7 Å². The van der Waals surface area contributed by atoms with Crippen molar-refractivity contribution in [1.29, 1.82) is 0 Å². The molecule has 0 aliphatic carbocycles. The van der Waals surface area contributed by atoms with Crippen LogP contribution in [0.25, 0.3) is 0 Å². The third-order valence-electron chi connectivity index (χ3n) is 3.72. The molecule has 1 rings (SSSR count). The minimum Gasteiger partial charge on any atom is -0.481 e. The predicted octanol–water partition coefficient (Wildman–Crippen LogP) is 3.35. The molecule has 0 bridgehead atoms. The van der Waals surface area contributed by atoms with Crippen molar-refractivity contribution in [3.8, 4) is 0 Å². The number of aliphatic carboxylic acids is 1. The van der Waals surface area contributed by atoms with Crippen molar-refractivity contribution < 1.29 is 19.1 Å². The topological polar surface area (TPSA) is 57.6 Å². The van der Waals surface area contributed by atoms with Crippen molar-refractivity contribution in [2.45, 2.75) is 40.0 Å². The number of carboxylic acid groups (broad SMARTS) is 1. The van der Waals surface area contributed by atoms with Gasteiger partial charge in [0.25, 0.3) is 0 Å². The molecular formula is C18H26FNO3. The van der Waals surface area contributed by atoms with Crippen LogP contribution in [0.15, 0.2) is 24.3 Å². The van der Waals surface area contributed by atoms with Crippen LogP contribution in [-0.4, -0.2) is 35.0 Å². The molecule has 1 unspecified atom stereocenters. The van der Waals surface area contributed by atoms with Gasteiger partial charge in [0.1, 0.15) is 5.82 Å². The van der Waals surface area contributed by atoms with Gasteiger partial charge in [0.15, 0.2) is 0 Å². The van der Waals surface area contributed by atoms with Gasteiger partial charge >= 0.3 is 5.97 Å². The Morgan fingerprint density at radius 2 is 1.87 bits per heavy atom. The van der Waals surface area contributed by atoms with Crippen LogP contribution in [0.3, 0.4) is 0 Å². The number of nitrogens with zero attached hydrogens (tertiary/aromatic N) is 1. The predicted molar refractivity (Wildman–Crippen MR) is 87.6 cm³/mol. The van der Waals surface area contributed by atoms with Crippen LogP contribution < -0.4 is 0 Å². The van der Waals surface area contributed by atoms with Crippen molar-refractivity contribution in [1.82, 2.24) is 4.90 Å². The van der Waals surface area contributed by atoms with Crippen LogP contribution in [0.4, 0.5) is 4.39 Å². The molecule has 0 spiro atoms. The highest BCUT2D eigenvalue weighted by atomic mass is 19.1. The van der Waals surface area contributed by atoms with E-state index < -0.39 is 5.97 Å². The molecule has 128 valence electrons. The fourth-order valence-corrected chi connectivity index (χ4v) is 2.47. The first-order chi connectivity index (χ1) is 10.8. The Morgan fingerprint density at radius 3 is 2.43 bits per heavy atom. The van der Waals surface area contributed by atoms with E-state index in [-0.39, 0.29) is 36.5 Å². The molecule has 1 atom stereocenters. The standard InChI is InChI=1S/C18H26FNO3/c1-13(2)12-20(11-10-17(21)22)18(23)14(3)8-9-15-6-4-5-7-16(15)19/h4-7,13-14H,8-12H2,1-3H3,(H,21,22). The fourth-order valence-electron chi connectivity index (χ4n) is 2.47. The van der Waals surface area contributed by atoms with Gasteiger partial charge < -0.3 is 10.0 Å². The van der Waals surface area contributed by atoms with Crippen molar-refractivity contribution in [2.75, 3.05) is 13.1 Å². The van der Waals surface area contributed by atoms with E-state index in [4.69, 9.17) is 5.11 Å². The Labute approximate surface area is 137 Å². The number of aryl methyl sites for hydroxylation is 1. The van der Waals surface area contributed by atoms with Crippen molar-refractivity contribution in [2.24, 2.45) is 11.8 Å². The zero-order chi connectivity index (χ0) is 17.4. The van der Waals surface area contributed by atoms with Crippen LogP contribution >= 0.6 is 0 Å². The molecule has 0 heterocycles. The summed E-state index contributed by atoms with van der Waals surface area (Å²) in [5, 5.41) is 8.82. The average molecular weight is 323 g/mol. The van der Waals surface area contributed by atoms with E-state index >= 15 is 0 Å². The molecule has 1 N–H and O–H groups in total. The first-order valence-electron chi connectivity index (χ1n) is 8.05. The lowest BCUT2D eigenvalue weighted by Gasteiger charge is -2.27.